The molecular formula is C23H34O3S. The Kier molecular flexibility index (Phi) is 13.5. The molecule has 0 aromatic heterocycles. The number of ether oxygens (including phenoxy) is 1. The molecule has 0 saturated carbocycles. The van der Waals surface area contributed by atoms with Gasteiger partial charge in [-0.05, 0) is 54.7 Å². The Morgan fingerprint density at radius 3 is 2.74 bits per heavy atom. The average Bonchev–Trinajstić information content (AvgIpc) is 3.17. The molecule has 0 aliphatic heterocycles. The minimum Gasteiger partial charge on any atom is -0.469 e. The van der Waals surface area contributed by atoms with Crippen LogP contribution in [-0.2, 0) is 16.0 Å². The maximum atomic E-state index is 11.1. The summed E-state index contributed by atoms with van der Waals surface area (Å²) in [5.41, 5.74) is 1.41. The molecule has 2 rings (SSSR count). The molecule has 0 spiro atoms. The highest BCUT2D eigenvalue weighted by atomic mass is 32.2. The third kappa shape index (κ3) is 10.4. The highest BCUT2D eigenvalue weighted by molar-refractivity contribution is 8.03. The van der Waals surface area contributed by atoms with Crippen molar-refractivity contribution in [2.45, 2.75) is 51.4 Å². The van der Waals surface area contributed by atoms with Gasteiger partial charge in [0.25, 0.3) is 0 Å². The molecule has 3 nitrogen and oxygen atoms in total. The van der Waals surface area contributed by atoms with Crippen LogP contribution < -0.4 is 0 Å². The topological polar surface area (TPSA) is 46.5 Å². The number of aryl methyl sites for hydroxylation is 1. The quantitative estimate of drug-likeness (QED) is 0.306. The van der Waals surface area contributed by atoms with E-state index in [-0.39, 0.29) is 5.97 Å². The summed E-state index contributed by atoms with van der Waals surface area (Å²) in [7, 11) is 2.46. The van der Waals surface area contributed by atoms with Crippen LogP contribution in [0.25, 0.3) is 0 Å². The highest BCUT2D eigenvalue weighted by Crippen LogP contribution is 2.35. The predicted octanol–water partition coefficient (Wildman–Crippen LogP) is 5.54. The van der Waals surface area contributed by atoms with Crippen LogP contribution in [0.2, 0.25) is 0 Å². The van der Waals surface area contributed by atoms with Crippen LogP contribution in [0.4, 0.5) is 0 Å². The van der Waals surface area contributed by atoms with Gasteiger partial charge in [0.1, 0.15) is 0 Å². The van der Waals surface area contributed by atoms with Gasteiger partial charge >= 0.3 is 5.97 Å². The first-order chi connectivity index (χ1) is 13.3. The third-order valence-electron chi connectivity index (χ3n) is 4.52. The number of rotatable bonds is 11. The van der Waals surface area contributed by atoms with Crippen LogP contribution in [0, 0.1) is 5.92 Å². The summed E-state index contributed by atoms with van der Waals surface area (Å²) in [4.78, 5) is 12.6. The maximum absolute atomic E-state index is 11.1. The summed E-state index contributed by atoms with van der Waals surface area (Å²) in [6.07, 6.45) is 15.6. The molecule has 0 amide bonds. The van der Waals surface area contributed by atoms with E-state index in [0.717, 1.165) is 38.5 Å². The smallest absolute Gasteiger partial charge is 0.305 e. The number of aliphatic hydroxyl groups is 1. The summed E-state index contributed by atoms with van der Waals surface area (Å²) < 4.78 is 4.67. The van der Waals surface area contributed by atoms with Crippen LogP contribution in [0.3, 0.4) is 0 Å². The molecule has 150 valence electrons. The number of esters is 1. The number of carbonyl (C=O) groups excluding carboxylic acids is 1. The maximum Gasteiger partial charge on any atom is 0.305 e. The first-order valence-electron chi connectivity index (χ1n) is 9.84. The van der Waals surface area contributed by atoms with E-state index in [1.807, 2.05) is 11.8 Å². The fraction of sp³-hybridized carbons (Fsp3) is 0.522. The van der Waals surface area contributed by atoms with Crippen molar-refractivity contribution >= 4 is 17.7 Å². The standard InChI is InChI=1S/C22H30O2S.CH4O/c1-24-22(23)17-6-3-9-18-25-21-16-10-15-20(21)14-8-7-13-19-11-4-2-5-12-19;1-2/h2,4-5,8,11-12,14,16,20H,3,6-7,9-10,13,15,17-18H2,1H3;2H,1H3/b14-8+;. The van der Waals surface area contributed by atoms with Crippen LogP contribution in [0.1, 0.15) is 50.5 Å². The molecular weight excluding hydrogens is 356 g/mol. The normalized spacial score (nSPS) is 16.0. The fourth-order valence-electron chi connectivity index (χ4n) is 3.05. The lowest BCUT2D eigenvalue weighted by Crippen LogP contribution is -1.99. The van der Waals surface area contributed by atoms with Crippen molar-refractivity contribution in [2.75, 3.05) is 20.0 Å². The summed E-state index contributed by atoms with van der Waals surface area (Å²) in [5.74, 6) is 1.68. The van der Waals surface area contributed by atoms with E-state index in [4.69, 9.17) is 5.11 Å². The Bertz CT molecular complexity index is 566. The van der Waals surface area contributed by atoms with Crippen LogP contribution >= 0.6 is 11.8 Å². The zero-order chi connectivity index (χ0) is 19.7. The second-order valence-corrected chi connectivity index (χ2v) is 7.65. The molecule has 1 aromatic rings. The molecule has 0 heterocycles. The van der Waals surface area contributed by atoms with Gasteiger partial charge in [-0.2, -0.15) is 0 Å². The average molecular weight is 391 g/mol. The van der Waals surface area contributed by atoms with Crippen molar-refractivity contribution in [3.63, 3.8) is 0 Å². The van der Waals surface area contributed by atoms with Gasteiger partial charge in [-0.1, -0.05) is 55.0 Å². The predicted molar refractivity (Wildman–Crippen MR) is 116 cm³/mol. The molecule has 1 aliphatic carbocycles. The monoisotopic (exact) mass is 390 g/mol. The van der Waals surface area contributed by atoms with E-state index in [1.165, 1.54) is 31.9 Å². The van der Waals surface area contributed by atoms with Crippen LogP contribution in [0.5, 0.6) is 0 Å². The zero-order valence-electron chi connectivity index (χ0n) is 16.7. The van der Waals surface area contributed by atoms with Crippen molar-refractivity contribution in [3.8, 4) is 0 Å². The molecule has 0 bridgehead atoms. The molecule has 1 N–H and O–H groups in total. The van der Waals surface area contributed by atoms with E-state index >= 15 is 0 Å². The van der Waals surface area contributed by atoms with Gasteiger partial charge in [0.15, 0.2) is 0 Å². The second kappa shape index (κ2) is 15.5. The van der Waals surface area contributed by atoms with Crippen LogP contribution in [-0.4, -0.2) is 31.0 Å². The summed E-state index contributed by atoms with van der Waals surface area (Å²) in [6.45, 7) is 0. The Morgan fingerprint density at radius 2 is 2.00 bits per heavy atom. The number of unbranched alkanes of at least 4 members (excludes halogenated alkanes) is 2. The van der Waals surface area contributed by atoms with Crippen molar-refractivity contribution in [1.82, 2.24) is 0 Å². The van der Waals surface area contributed by atoms with E-state index in [2.05, 4.69) is 53.3 Å². The number of hydrogen-bond acceptors (Lipinski definition) is 4. The molecule has 27 heavy (non-hydrogen) atoms. The van der Waals surface area contributed by atoms with Gasteiger partial charge in [-0.3, -0.25) is 4.79 Å². The van der Waals surface area contributed by atoms with Gasteiger partial charge < -0.3 is 9.84 Å². The van der Waals surface area contributed by atoms with Crippen molar-refractivity contribution in [2.24, 2.45) is 5.92 Å². The van der Waals surface area contributed by atoms with Crippen LogP contribution in [0.15, 0.2) is 53.5 Å². The summed E-state index contributed by atoms with van der Waals surface area (Å²) >= 11 is 2.00. The zero-order valence-corrected chi connectivity index (χ0v) is 17.5. The van der Waals surface area contributed by atoms with Crippen molar-refractivity contribution in [1.29, 1.82) is 0 Å². The Morgan fingerprint density at radius 1 is 1.22 bits per heavy atom. The second-order valence-electron chi connectivity index (χ2n) is 6.48. The largest absolute Gasteiger partial charge is 0.469 e. The van der Waals surface area contributed by atoms with E-state index in [0.29, 0.717) is 12.3 Å². The number of benzene rings is 1. The molecule has 0 fully saturated rings. The molecule has 1 atom stereocenters. The summed E-state index contributed by atoms with van der Waals surface area (Å²) in [6, 6.07) is 10.7. The fourth-order valence-corrected chi connectivity index (χ4v) is 4.28. The molecule has 1 unspecified atom stereocenters. The number of aliphatic hydroxyl groups excluding tert-OH is 1. The molecule has 1 aliphatic rings. The van der Waals surface area contributed by atoms with Gasteiger partial charge in [-0.15, -0.1) is 11.8 Å². The third-order valence-corrected chi connectivity index (χ3v) is 5.82. The van der Waals surface area contributed by atoms with Gasteiger partial charge in [0.2, 0.25) is 0 Å². The lowest BCUT2D eigenvalue weighted by molar-refractivity contribution is -0.140. The van der Waals surface area contributed by atoms with Gasteiger partial charge in [0.05, 0.1) is 7.11 Å². The molecule has 0 saturated heterocycles. The number of methoxy groups -OCH3 is 1. The Balaban J connectivity index is 0.00000176. The molecule has 0 radical (unpaired) electrons. The van der Waals surface area contributed by atoms with E-state index < -0.39 is 0 Å². The van der Waals surface area contributed by atoms with Gasteiger partial charge in [0, 0.05) is 19.4 Å². The van der Waals surface area contributed by atoms with E-state index in [1.54, 1.807) is 4.91 Å². The number of allylic oxidation sites excluding steroid dienone is 4. The first kappa shape index (κ1) is 23.5. The minimum atomic E-state index is -0.0909. The van der Waals surface area contributed by atoms with Crippen molar-refractivity contribution in [3.05, 3.63) is 59.0 Å². The van der Waals surface area contributed by atoms with Crippen molar-refractivity contribution < 1.29 is 14.6 Å². The lowest BCUT2D eigenvalue weighted by Gasteiger charge is -2.10. The molecule has 1 aromatic carbocycles. The van der Waals surface area contributed by atoms with E-state index in [9.17, 15) is 4.79 Å². The molecule has 4 heteroatoms. The summed E-state index contributed by atoms with van der Waals surface area (Å²) in [5, 5.41) is 7.00. The highest BCUT2D eigenvalue weighted by Gasteiger charge is 2.16. The number of hydrogen-bond donors (Lipinski definition) is 1. The van der Waals surface area contributed by atoms with Gasteiger partial charge in [-0.25, -0.2) is 0 Å². The minimum absolute atomic E-state index is 0.0909. The Hall–Kier alpha value is -1.52. The first-order valence-corrected chi connectivity index (χ1v) is 10.8. The number of carbonyl (C=O) groups is 1. The SMILES string of the molecule is CO.COC(=O)CCCCCSC1=CCCC1/C=C/CCc1ccccc1. The lowest BCUT2D eigenvalue weighted by atomic mass is 10.1. The Labute approximate surface area is 168 Å². The number of thioether (sulfide) groups is 1.